The predicted octanol–water partition coefficient (Wildman–Crippen LogP) is 3.42. The molecule has 3 nitrogen and oxygen atoms in total. The van der Waals surface area contributed by atoms with Crippen LogP contribution in [0.15, 0.2) is 0 Å². The van der Waals surface area contributed by atoms with E-state index < -0.39 is 0 Å². The van der Waals surface area contributed by atoms with Gasteiger partial charge in [0.25, 0.3) is 0 Å². The van der Waals surface area contributed by atoms with Crippen molar-refractivity contribution < 1.29 is 0 Å². The van der Waals surface area contributed by atoms with Crippen LogP contribution in [-0.2, 0) is 0 Å². The van der Waals surface area contributed by atoms with Crippen molar-refractivity contribution in [3.05, 3.63) is 16.5 Å². The Morgan fingerprint density at radius 1 is 1.07 bits per heavy atom. The fraction of sp³-hybridized carbons (Fsp3) is 0.636. The summed E-state index contributed by atoms with van der Waals surface area (Å²) in [6.07, 6.45) is 0. The second kappa shape index (κ2) is 4.79. The smallest absolute Gasteiger partial charge is 0.224 e. The number of nitrogens with zero attached hydrogens (tertiary/aromatic N) is 2. The van der Waals surface area contributed by atoms with E-state index in [1.54, 1.807) is 0 Å². The van der Waals surface area contributed by atoms with Crippen molar-refractivity contribution in [2.45, 2.75) is 39.5 Å². The average molecular weight is 228 g/mol. The number of hydrogen-bond acceptors (Lipinski definition) is 3. The van der Waals surface area contributed by atoms with Crippen molar-refractivity contribution in [2.75, 3.05) is 12.4 Å². The molecule has 0 spiro atoms. The molecular formula is C11H18ClN3. The van der Waals surface area contributed by atoms with Crippen LogP contribution in [0.1, 0.15) is 50.8 Å². The molecule has 0 aliphatic carbocycles. The third kappa shape index (κ3) is 2.59. The Labute approximate surface area is 96.3 Å². The monoisotopic (exact) mass is 227 g/mol. The van der Waals surface area contributed by atoms with Gasteiger partial charge in [0.05, 0.1) is 5.69 Å². The summed E-state index contributed by atoms with van der Waals surface area (Å²) in [5, 5.41) is 3.39. The van der Waals surface area contributed by atoms with Crippen LogP contribution in [0, 0.1) is 0 Å². The minimum absolute atomic E-state index is 0.312. The lowest BCUT2D eigenvalue weighted by Crippen LogP contribution is -2.09. The number of rotatable bonds is 3. The minimum atomic E-state index is 0.312. The number of anilines is 1. The van der Waals surface area contributed by atoms with E-state index in [0.29, 0.717) is 17.1 Å². The molecule has 0 unspecified atom stereocenters. The highest BCUT2D eigenvalue weighted by Crippen LogP contribution is 2.30. The second-order valence-electron chi connectivity index (χ2n) is 4.20. The van der Waals surface area contributed by atoms with Gasteiger partial charge < -0.3 is 5.32 Å². The molecule has 0 amide bonds. The van der Waals surface area contributed by atoms with Crippen LogP contribution >= 0.6 is 11.6 Å². The highest BCUT2D eigenvalue weighted by molar-refractivity contribution is 6.28. The van der Waals surface area contributed by atoms with Gasteiger partial charge in [-0.3, -0.25) is 0 Å². The van der Waals surface area contributed by atoms with Crippen LogP contribution in [0.25, 0.3) is 0 Å². The summed E-state index contributed by atoms with van der Waals surface area (Å²) in [5.74, 6) is 1.59. The Morgan fingerprint density at radius 2 is 1.67 bits per heavy atom. The van der Waals surface area contributed by atoms with E-state index >= 15 is 0 Å². The summed E-state index contributed by atoms with van der Waals surface area (Å²) < 4.78 is 0. The first kappa shape index (κ1) is 12.2. The lowest BCUT2D eigenvalue weighted by atomic mass is 9.96. The van der Waals surface area contributed by atoms with Crippen molar-refractivity contribution in [3.63, 3.8) is 0 Å². The Hall–Kier alpha value is -0.830. The normalized spacial score (nSPS) is 11.2. The lowest BCUT2D eigenvalue weighted by Gasteiger charge is -2.18. The van der Waals surface area contributed by atoms with Gasteiger partial charge in [0.1, 0.15) is 5.82 Å². The average Bonchev–Trinajstić information content (AvgIpc) is 2.15. The minimum Gasteiger partial charge on any atom is -0.373 e. The zero-order chi connectivity index (χ0) is 11.6. The van der Waals surface area contributed by atoms with E-state index in [-0.39, 0.29) is 0 Å². The van der Waals surface area contributed by atoms with Gasteiger partial charge in [0.15, 0.2) is 0 Å². The first-order valence-electron chi connectivity index (χ1n) is 5.22. The highest BCUT2D eigenvalue weighted by atomic mass is 35.5. The molecule has 1 aromatic heterocycles. The lowest BCUT2D eigenvalue weighted by molar-refractivity contribution is 0.749. The van der Waals surface area contributed by atoms with E-state index in [4.69, 9.17) is 11.6 Å². The molecule has 1 N–H and O–H groups in total. The number of halogens is 1. The van der Waals surface area contributed by atoms with Gasteiger partial charge >= 0.3 is 0 Å². The molecule has 0 saturated heterocycles. The van der Waals surface area contributed by atoms with Gasteiger partial charge in [-0.2, -0.15) is 0 Å². The highest BCUT2D eigenvalue weighted by Gasteiger charge is 2.17. The summed E-state index contributed by atoms with van der Waals surface area (Å²) in [7, 11) is 1.86. The summed E-state index contributed by atoms with van der Waals surface area (Å²) in [6.45, 7) is 8.51. The maximum Gasteiger partial charge on any atom is 0.224 e. The molecule has 1 aromatic rings. The van der Waals surface area contributed by atoms with Crippen molar-refractivity contribution in [1.82, 2.24) is 9.97 Å². The molecule has 0 fully saturated rings. The van der Waals surface area contributed by atoms with E-state index in [1.807, 2.05) is 7.05 Å². The van der Waals surface area contributed by atoms with Gasteiger partial charge in [-0.1, -0.05) is 27.7 Å². The maximum atomic E-state index is 5.89. The molecule has 1 heterocycles. The predicted molar refractivity (Wildman–Crippen MR) is 64.8 cm³/mol. The van der Waals surface area contributed by atoms with Crippen LogP contribution in [-0.4, -0.2) is 17.0 Å². The van der Waals surface area contributed by atoms with E-state index in [0.717, 1.165) is 17.1 Å². The molecule has 0 aromatic carbocycles. The Morgan fingerprint density at radius 3 is 2.07 bits per heavy atom. The fourth-order valence-corrected chi connectivity index (χ4v) is 1.83. The Bertz CT molecular complexity index is 348. The van der Waals surface area contributed by atoms with Crippen LogP contribution in [0.2, 0.25) is 5.28 Å². The molecular weight excluding hydrogens is 210 g/mol. The second-order valence-corrected chi connectivity index (χ2v) is 4.54. The van der Waals surface area contributed by atoms with E-state index in [2.05, 4.69) is 43.0 Å². The number of hydrogen-bond donors (Lipinski definition) is 1. The Kier molecular flexibility index (Phi) is 3.91. The number of nitrogens with one attached hydrogen (secondary N) is 1. The maximum absolute atomic E-state index is 5.89. The molecule has 0 aliphatic heterocycles. The topological polar surface area (TPSA) is 37.8 Å². The summed E-state index contributed by atoms with van der Waals surface area (Å²) in [4.78, 5) is 8.52. The van der Waals surface area contributed by atoms with E-state index in [9.17, 15) is 0 Å². The molecule has 1 rings (SSSR count). The van der Waals surface area contributed by atoms with Gasteiger partial charge in [-0.05, 0) is 23.4 Å². The van der Waals surface area contributed by atoms with Crippen LogP contribution in [0.5, 0.6) is 0 Å². The SMILES string of the molecule is CNc1nc(Cl)nc(C(C)C)c1C(C)C. The first-order valence-corrected chi connectivity index (χ1v) is 5.60. The third-order valence-corrected chi connectivity index (χ3v) is 2.48. The molecule has 0 aliphatic rings. The van der Waals surface area contributed by atoms with Crippen molar-refractivity contribution >= 4 is 17.4 Å². The molecule has 0 saturated carbocycles. The van der Waals surface area contributed by atoms with E-state index in [1.165, 1.54) is 0 Å². The number of aromatic nitrogens is 2. The summed E-state index contributed by atoms with van der Waals surface area (Å²) >= 11 is 5.89. The molecule has 0 bridgehead atoms. The van der Waals surface area contributed by atoms with Gasteiger partial charge in [-0.15, -0.1) is 0 Å². The standard InChI is InChI=1S/C11H18ClN3/c1-6(2)8-9(7(3)4)14-11(12)15-10(8)13-5/h6-7H,1-5H3,(H,13,14,15). The molecule has 84 valence electrons. The van der Waals surface area contributed by atoms with Crippen LogP contribution in [0.3, 0.4) is 0 Å². The van der Waals surface area contributed by atoms with Crippen molar-refractivity contribution in [2.24, 2.45) is 0 Å². The summed E-state index contributed by atoms with van der Waals surface area (Å²) in [6, 6.07) is 0. The van der Waals surface area contributed by atoms with Crippen LogP contribution < -0.4 is 5.32 Å². The van der Waals surface area contributed by atoms with Gasteiger partial charge in [0, 0.05) is 12.6 Å². The van der Waals surface area contributed by atoms with Crippen molar-refractivity contribution in [3.8, 4) is 0 Å². The zero-order valence-electron chi connectivity index (χ0n) is 9.93. The van der Waals surface area contributed by atoms with Crippen LogP contribution in [0.4, 0.5) is 5.82 Å². The third-order valence-electron chi connectivity index (χ3n) is 2.31. The largest absolute Gasteiger partial charge is 0.373 e. The van der Waals surface area contributed by atoms with Crippen molar-refractivity contribution in [1.29, 1.82) is 0 Å². The van der Waals surface area contributed by atoms with Gasteiger partial charge in [0.2, 0.25) is 5.28 Å². The quantitative estimate of drug-likeness (QED) is 0.805. The zero-order valence-corrected chi connectivity index (χ0v) is 10.7. The Balaban J connectivity index is 3.40. The molecule has 0 radical (unpaired) electrons. The van der Waals surface area contributed by atoms with Gasteiger partial charge in [-0.25, -0.2) is 9.97 Å². The molecule has 0 atom stereocenters. The molecule has 4 heteroatoms. The summed E-state index contributed by atoms with van der Waals surface area (Å²) in [5.41, 5.74) is 2.20. The first-order chi connectivity index (χ1) is 6.97. The fourth-order valence-electron chi connectivity index (χ4n) is 1.66. The molecule has 15 heavy (non-hydrogen) atoms.